The van der Waals surface area contributed by atoms with Gasteiger partial charge in [-0.05, 0) is 18.6 Å². The fourth-order valence-electron chi connectivity index (χ4n) is 2.71. The summed E-state index contributed by atoms with van der Waals surface area (Å²) in [6, 6.07) is 8.62. The number of para-hydroxylation sites is 1. The SMILES string of the molecule is CCC1C=CCN1Cc1cnc(-c2ccccc2OC)s1. The van der Waals surface area contributed by atoms with Crippen LogP contribution in [-0.4, -0.2) is 29.6 Å². The molecule has 2 aromatic rings. The standard InChI is InChI=1S/C17H20N2OS/c1-3-13-7-6-10-19(13)12-14-11-18-17(21-14)15-8-4-5-9-16(15)20-2/h4-9,11,13H,3,10,12H2,1-2H3. The van der Waals surface area contributed by atoms with Crippen molar-refractivity contribution in [2.75, 3.05) is 13.7 Å². The van der Waals surface area contributed by atoms with Crippen molar-refractivity contribution < 1.29 is 4.74 Å². The molecule has 0 saturated heterocycles. The first-order valence-corrected chi connectivity index (χ1v) is 8.12. The molecular formula is C17H20N2OS. The van der Waals surface area contributed by atoms with Crippen LogP contribution in [0.2, 0.25) is 0 Å². The van der Waals surface area contributed by atoms with E-state index < -0.39 is 0 Å². The van der Waals surface area contributed by atoms with Crippen LogP contribution in [0.3, 0.4) is 0 Å². The van der Waals surface area contributed by atoms with E-state index in [1.165, 1.54) is 4.88 Å². The average molecular weight is 300 g/mol. The Hall–Kier alpha value is -1.65. The van der Waals surface area contributed by atoms with Gasteiger partial charge in [-0.1, -0.05) is 31.2 Å². The lowest BCUT2D eigenvalue weighted by atomic mass is 10.2. The minimum Gasteiger partial charge on any atom is -0.496 e. The molecule has 0 fully saturated rings. The Morgan fingerprint density at radius 2 is 2.24 bits per heavy atom. The summed E-state index contributed by atoms with van der Waals surface area (Å²) in [5, 5.41) is 1.03. The van der Waals surface area contributed by atoms with E-state index in [1.54, 1.807) is 18.4 Å². The molecule has 0 spiro atoms. The Kier molecular flexibility index (Phi) is 4.36. The molecule has 0 N–H and O–H groups in total. The molecule has 0 radical (unpaired) electrons. The number of methoxy groups -OCH3 is 1. The minimum absolute atomic E-state index is 0.571. The molecule has 1 unspecified atom stereocenters. The summed E-state index contributed by atoms with van der Waals surface area (Å²) < 4.78 is 5.42. The summed E-state index contributed by atoms with van der Waals surface area (Å²) >= 11 is 1.75. The van der Waals surface area contributed by atoms with E-state index in [2.05, 4.69) is 35.0 Å². The highest BCUT2D eigenvalue weighted by atomic mass is 32.1. The Bertz CT molecular complexity index is 635. The normalized spacial score (nSPS) is 18.3. The van der Waals surface area contributed by atoms with Crippen molar-refractivity contribution in [2.24, 2.45) is 0 Å². The molecule has 0 saturated carbocycles. The fourth-order valence-corrected chi connectivity index (χ4v) is 3.68. The molecule has 3 rings (SSSR count). The van der Waals surface area contributed by atoms with E-state index in [0.29, 0.717) is 6.04 Å². The molecule has 0 amide bonds. The molecule has 1 aromatic carbocycles. The Labute approximate surface area is 129 Å². The maximum absolute atomic E-state index is 5.42. The lowest BCUT2D eigenvalue weighted by Gasteiger charge is -2.21. The van der Waals surface area contributed by atoms with E-state index in [1.807, 2.05) is 24.4 Å². The first-order valence-electron chi connectivity index (χ1n) is 7.30. The molecule has 1 aromatic heterocycles. The number of rotatable bonds is 5. The molecule has 2 heterocycles. The largest absolute Gasteiger partial charge is 0.496 e. The number of thiazole rings is 1. The van der Waals surface area contributed by atoms with E-state index >= 15 is 0 Å². The fraction of sp³-hybridized carbons (Fsp3) is 0.353. The summed E-state index contributed by atoms with van der Waals surface area (Å²) in [6.45, 7) is 4.25. The molecule has 0 aliphatic carbocycles. The number of aromatic nitrogens is 1. The van der Waals surface area contributed by atoms with Gasteiger partial charge in [0.15, 0.2) is 0 Å². The molecular weight excluding hydrogens is 280 g/mol. The van der Waals surface area contributed by atoms with Gasteiger partial charge in [-0.2, -0.15) is 0 Å². The molecule has 110 valence electrons. The van der Waals surface area contributed by atoms with Crippen molar-refractivity contribution in [3.63, 3.8) is 0 Å². The lowest BCUT2D eigenvalue weighted by molar-refractivity contribution is 0.260. The molecule has 3 nitrogen and oxygen atoms in total. The van der Waals surface area contributed by atoms with Crippen LogP contribution in [0.25, 0.3) is 10.6 Å². The van der Waals surface area contributed by atoms with Gasteiger partial charge in [0.05, 0.1) is 12.7 Å². The topological polar surface area (TPSA) is 25.4 Å². The summed E-state index contributed by atoms with van der Waals surface area (Å²) in [5.74, 6) is 0.882. The van der Waals surface area contributed by atoms with Gasteiger partial charge in [0, 0.05) is 30.2 Å². The van der Waals surface area contributed by atoms with Crippen LogP contribution in [0.5, 0.6) is 5.75 Å². The second-order valence-corrected chi connectivity index (χ2v) is 6.28. The Balaban J connectivity index is 1.77. The van der Waals surface area contributed by atoms with Crippen LogP contribution in [0, 0.1) is 0 Å². The van der Waals surface area contributed by atoms with Crippen LogP contribution in [-0.2, 0) is 6.54 Å². The highest BCUT2D eigenvalue weighted by Gasteiger charge is 2.19. The highest BCUT2D eigenvalue weighted by molar-refractivity contribution is 7.15. The van der Waals surface area contributed by atoms with Gasteiger partial charge in [0.2, 0.25) is 0 Å². The monoisotopic (exact) mass is 300 g/mol. The van der Waals surface area contributed by atoms with Gasteiger partial charge in [0.1, 0.15) is 10.8 Å². The number of hydrogen-bond acceptors (Lipinski definition) is 4. The van der Waals surface area contributed by atoms with Gasteiger partial charge in [-0.15, -0.1) is 11.3 Å². The van der Waals surface area contributed by atoms with Crippen LogP contribution in [0.15, 0.2) is 42.6 Å². The number of nitrogens with zero attached hydrogens (tertiary/aromatic N) is 2. The maximum Gasteiger partial charge on any atom is 0.129 e. The maximum atomic E-state index is 5.42. The van der Waals surface area contributed by atoms with Crippen LogP contribution < -0.4 is 4.74 Å². The quantitative estimate of drug-likeness (QED) is 0.781. The highest BCUT2D eigenvalue weighted by Crippen LogP contribution is 2.33. The van der Waals surface area contributed by atoms with Crippen molar-refractivity contribution >= 4 is 11.3 Å². The lowest BCUT2D eigenvalue weighted by Crippen LogP contribution is -2.28. The zero-order valence-electron chi connectivity index (χ0n) is 12.5. The molecule has 1 aliphatic heterocycles. The van der Waals surface area contributed by atoms with Gasteiger partial charge in [-0.3, -0.25) is 4.90 Å². The second-order valence-electron chi connectivity index (χ2n) is 5.17. The van der Waals surface area contributed by atoms with Crippen molar-refractivity contribution in [3.05, 3.63) is 47.5 Å². The van der Waals surface area contributed by atoms with Crippen molar-refractivity contribution in [2.45, 2.75) is 25.9 Å². The van der Waals surface area contributed by atoms with E-state index in [-0.39, 0.29) is 0 Å². The van der Waals surface area contributed by atoms with Crippen LogP contribution >= 0.6 is 11.3 Å². The third kappa shape index (κ3) is 3.01. The molecule has 1 aliphatic rings. The third-order valence-corrected chi connectivity index (χ3v) is 4.85. The van der Waals surface area contributed by atoms with E-state index in [0.717, 1.165) is 35.8 Å². The van der Waals surface area contributed by atoms with Crippen molar-refractivity contribution in [1.82, 2.24) is 9.88 Å². The van der Waals surface area contributed by atoms with Crippen LogP contribution in [0.1, 0.15) is 18.2 Å². The Morgan fingerprint density at radius 3 is 3.05 bits per heavy atom. The summed E-state index contributed by atoms with van der Waals surface area (Å²) in [7, 11) is 1.70. The van der Waals surface area contributed by atoms with Gasteiger partial charge in [-0.25, -0.2) is 4.98 Å². The smallest absolute Gasteiger partial charge is 0.129 e. The summed E-state index contributed by atoms with van der Waals surface area (Å²) in [6.07, 6.45) is 7.73. The number of ether oxygens (including phenoxy) is 1. The second kappa shape index (κ2) is 6.41. The number of hydrogen-bond donors (Lipinski definition) is 0. The predicted octanol–water partition coefficient (Wildman–Crippen LogP) is 3.97. The summed E-state index contributed by atoms with van der Waals surface area (Å²) in [5.41, 5.74) is 1.07. The van der Waals surface area contributed by atoms with Crippen molar-refractivity contribution in [3.8, 4) is 16.3 Å². The Morgan fingerprint density at radius 1 is 1.38 bits per heavy atom. The first-order chi connectivity index (χ1) is 10.3. The molecule has 0 bridgehead atoms. The van der Waals surface area contributed by atoms with Crippen LogP contribution in [0.4, 0.5) is 0 Å². The van der Waals surface area contributed by atoms with Crippen molar-refractivity contribution in [1.29, 1.82) is 0 Å². The third-order valence-electron chi connectivity index (χ3n) is 3.84. The van der Waals surface area contributed by atoms with Gasteiger partial charge >= 0.3 is 0 Å². The summed E-state index contributed by atoms with van der Waals surface area (Å²) in [4.78, 5) is 8.37. The predicted molar refractivity (Wildman–Crippen MR) is 87.7 cm³/mol. The number of benzene rings is 1. The molecule has 1 atom stereocenters. The first kappa shape index (κ1) is 14.3. The zero-order valence-corrected chi connectivity index (χ0v) is 13.3. The van der Waals surface area contributed by atoms with E-state index in [4.69, 9.17) is 4.74 Å². The molecule has 4 heteroatoms. The van der Waals surface area contributed by atoms with E-state index in [9.17, 15) is 0 Å². The van der Waals surface area contributed by atoms with Gasteiger partial charge < -0.3 is 4.74 Å². The minimum atomic E-state index is 0.571. The van der Waals surface area contributed by atoms with Gasteiger partial charge in [0.25, 0.3) is 0 Å². The molecule has 21 heavy (non-hydrogen) atoms. The average Bonchev–Trinajstić information content (AvgIpc) is 3.16. The zero-order chi connectivity index (χ0) is 14.7.